The SMILES string of the molecule is COCCNS(=O)(=O)N[C@H](C(=O)OC(C)(C)C)C(C)C. The van der Waals surface area contributed by atoms with Crippen LogP contribution in [0.4, 0.5) is 0 Å². The van der Waals surface area contributed by atoms with Gasteiger partial charge >= 0.3 is 5.97 Å². The van der Waals surface area contributed by atoms with E-state index >= 15 is 0 Å². The number of esters is 1. The van der Waals surface area contributed by atoms with Gasteiger partial charge in [-0.05, 0) is 26.7 Å². The van der Waals surface area contributed by atoms with Crippen LogP contribution in [0.3, 0.4) is 0 Å². The quantitative estimate of drug-likeness (QED) is 0.501. The molecule has 0 aromatic rings. The molecule has 0 bridgehead atoms. The maximum atomic E-state index is 12.0. The fourth-order valence-corrected chi connectivity index (χ4v) is 2.45. The smallest absolute Gasteiger partial charge is 0.325 e. The molecule has 0 heterocycles. The number of hydrogen-bond donors (Lipinski definition) is 2. The lowest BCUT2D eigenvalue weighted by atomic mass is 10.1. The van der Waals surface area contributed by atoms with Crippen LogP contribution in [0.1, 0.15) is 34.6 Å². The first-order valence-corrected chi connectivity index (χ1v) is 7.95. The van der Waals surface area contributed by atoms with Crippen molar-refractivity contribution < 1.29 is 22.7 Å². The second-order valence-corrected chi connectivity index (χ2v) is 7.29. The molecule has 8 heteroatoms. The zero-order chi connectivity index (χ0) is 16.0. The number of hydrogen-bond acceptors (Lipinski definition) is 5. The van der Waals surface area contributed by atoms with Crippen LogP contribution >= 0.6 is 0 Å². The third kappa shape index (κ3) is 8.47. The first-order valence-electron chi connectivity index (χ1n) is 6.47. The normalized spacial score (nSPS) is 14.3. The van der Waals surface area contributed by atoms with Crippen LogP contribution in [0.2, 0.25) is 0 Å². The van der Waals surface area contributed by atoms with E-state index in [1.807, 2.05) is 0 Å². The monoisotopic (exact) mass is 310 g/mol. The van der Waals surface area contributed by atoms with Crippen molar-refractivity contribution in [2.75, 3.05) is 20.3 Å². The molecule has 1 atom stereocenters. The second kappa shape index (κ2) is 7.92. The zero-order valence-electron chi connectivity index (χ0n) is 13.0. The van der Waals surface area contributed by atoms with E-state index in [1.165, 1.54) is 7.11 Å². The first-order chi connectivity index (χ1) is 8.98. The van der Waals surface area contributed by atoms with E-state index < -0.39 is 27.8 Å². The Morgan fingerprint density at radius 1 is 1.25 bits per heavy atom. The van der Waals surface area contributed by atoms with E-state index in [4.69, 9.17) is 9.47 Å². The van der Waals surface area contributed by atoms with E-state index in [0.29, 0.717) is 0 Å². The molecule has 20 heavy (non-hydrogen) atoms. The van der Waals surface area contributed by atoms with Gasteiger partial charge in [0, 0.05) is 13.7 Å². The predicted octanol–water partition coefficient (Wildman–Crippen LogP) is 0.423. The summed E-state index contributed by atoms with van der Waals surface area (Å²) in [5.74, 6) is -0.825. The Bertz CT molecular complexity index is 401. The summed E-state index contributed by atoms with van der Waals surface area (Å²) in [5, 5.41) is 0. The molecular weight excluding hydrogens is 284 g/mol. The minimum Gasteiger partial charge on any atom is -0.459 e. The largest absolute Gasteiger partial charge is 0.459 e. The standard InChI is InChI=1S/C12H26N2O5S/c1-9(2)10(11(15)19-12(3,4)5)14-20(16,17)13-7-8-18-6/h9-10,13-14H,7-8H2,1-6H3/t10-/m0/s1. The number of carbonyl (C=O) groups excluding carboxylic acids is 1. The van der Waals surface area contributed by atoms with Gasteiger partial charge in [-0.1, -0.05) is 13.8 Å². The van der Waals surface area contributed by atoms with Crippen molar-refractivity contribution in [1.29, 1.82) is 0 Å². The van der Waals surface area contributed by atoms with Crippen LogP contribution < -0.4 is 9.44 Å². The second-order valence-electron chi connectivity index (χ2n) is 5.76. The Labute approximate surface area is 121 Å². The number of ether oxygens (including phenoxy) is 2. The van der Waals surface area contributed by atoms with Gasteiger partial charge in [-0.25, -0.2) is 0 Å². The molecule has 7 nitrogen and oxygen atoms in total. The minimum atomic E-state index is -3.78. The Morgan fingerprint density at radius 3 is 2.20 bits per heavy atom. The molecule has 0 aliphatic carbocycles. The van der Waals surface area contributed by atoms with Crippen molar-refractivity contribution in [1.82, 2.24) is 9.44 Å². The molecule has 0 saturated carbocycles. The maximum absolute atomic E-state index is 12.0. The van der Waals surface area contributed by atoms with Crippen molar-refractivity contribution in [2.24, 2.45) is 5.92 Å². The summed E-state index contributed by atoms with van der Waals surface area (Å²) < 4.78 is 38.2. The van der Waals surface area contributed by atoms with Gasteiger partial charge in [-0.2, -0.15) is 17.9 Å². The van der Waals surface area contributed by atoms with Gasteiger partial charge in [0.2, 0.25) is 0 Å². The van der Waals surface area contributed by atoms with E-state index in [9.17, 15) is 13.2 Å². The highest BCUT2D eigenvalue weighted by Crippen LogP contribution is 2.12. The van der Waals surface area contributed by atoms with Crippen molar-refractivity contribution in [3.05, 3.63) is 0 Å². The molecule has 0 unspecified atom stereocenters. The van der Waals surface area contributed by atoms with Crippen molar-refractivity contribution in [2.45, 2.75) is 46.3 Å². The van der Waals surface area contributed by atoms with E-state index in [0.717, 1.165) is 0 Å². The summed E-state index contributed by atoms with van der Waals surface area (Å²) in [6, 6.07) is -0.936. The van der Waals surface area contributed by atoms with E-state index in [1.54, 1.807) is 34.6 Å². The Balaban J connectivity index is 4.74. The number of rotatable bonds is 8. The Hall–Kier alpha value is -0.700. The van der Waals surface area contributed by atoms with Crippen molar-refractivity contribution in [3.8, 4) is 0 Å². The number of nitrogens with one attached hydrogen (secondary N) is 2. The summed E-state index contributed by atoms with van der Waals surface area (Å²) in [5.41, 5.74) is -0.668. The molecule has 0 aromatic heterocycles. The summed E-state index contributed by atoms with van der Waals surface area (Å²) in [6.07, 6.45) is 0. The molecular formula is C12H26N2O5S. The Morgan fingerprint density at radius 2 is 1.80 bits per heavy atom. The minimum absolute atomic E-state index is 0.130. The maximum Gasteiger partial charge on any atom is 0.325 e. The third-order valence-corrected chi connectivity index (χ3v) is 3.36. The van der Waals surface area contributed by atoms with E-state index in [2.05, 4.69) is 9.44 Å². The van der Waals surface area contributed by atoms with Crippen LogP contribution in [0, 0.1) is 5.92 Å². The van der Waals surface area contributed by atoms with Gasteiger partial charge in [-0.3, -0.25) is 4.79 Å². The first kappa shape index (κ1) is 19.3. The summed E-state index contributed by atoms with van der Waals surface area (Å²) in [6.45, 7) is 9.05. The topological polar surface area (TPSA) is 93.7 Å². The highest BCUT2D eigenvalue weighted by Gasteiger charge is 2.31. The molecule has 0 rings (SSSR count). The lowest BCUT2D eigenvalue weighted by Crippen LogP contribution is -2.51. The van der Waals surface area contributed by atoms with Crippen LogP contribution in [-0.2, 0) is 24.5 Å². The van der Waals surface area contributed by atoms with Crippen LogP contribution in [-0.4, -0.2) is 46.3 Å². The summed E-state index contributed by atoms with van der Waals surface area (Å²) in [4.78, 5) is 12.0. The van der Waals surface area contributed by atoms with Crippen LogP contribution in [0.5, 0.6) is 0 Å². The molecule has 0 spiro atoms. The molecule has 0 aliphatic rings. The average molecular weight is 310 g/mol. The molecule has 0 fully saturated rings. The molecule has 0 aliphatic heterocycles. The number of carbonyl (C=O) groups is 1. The highest BCUT2D eigenvalue weighted by molar-refractivity contribution is 7.87. The molecule has 2 N–H and O–H groups in total. The zero-order valence-corrected chi connectivity index (χ0v) is 13.8. The van der Waals surface area contributed by atoms with E-state index in [-0.39, 0.29) is 19.1 Å². The molecule has 0 aromatic carbocycles. The predicted molar refractivity (Wildman–Crippen MR) is 76.4 cm³/mol. The van der Waals surface area contributed by atoms with Crippen LogP contribution in [0.25, 0.3) is 0 Å². The molecule has 0 radical (unpaired) electrons. The van der Waals surface area contributed by atoms with Gasteiger partial charge in [-0.15, -0.1) is 0 Å². The van der Waals surface area contributed by atoms with Crippen molar-refractivity contribution >= 4 is 16.2 Å². The lowest BCUT2D eigenvalue weighted by Gasteiger charge is -2.26. The van der Waals surface area contributed by atoms with Crippen molar-refractivity contribution in [3.63, 3.8) is 0 Å². The Kier molecular flexibility index (Phi) is 7.64. The van der Waals surface area contributed by atoms with Gasteiger partial charge in [0.15, 0.2) is 0 Å². The van der Waals surface area contributed by atoms with Gasteiger partial charge in [0.1, 0.15) is 11.6 Å². The van der Waals surface area contributed by atoms with Gasteiger partial charge in [0.25, 0.3) is 10.2 Å². The highest BCUT2D eigenvalue weighted by atomic mass is 32.2. The molecule has 0 amide bonds. The number of methoxy groups -OCH3 is 1. The lowest BCUT2D eigenvalue weighted by molar-refractivity contribution is -0.158. The average Bonchev–Trinajstić information content (AvgIpc) is 2.23. The molecule has 0 saturated heterocycles. The third-order valence-electron chi connectivity index (χ3n) is 2.21. The summed E-state index contributed by atoms with van der Waals surface area (Å²) >= 11 is 0. The molecule has 120 valence electrons. The fraction of sp³-hybridized carbons (Fsp3) is 0.917. The van der Waals surface area contributed by atoms with Gasteiger partial charge in [0.05, 0.1) is 6.61 Å². The summed E-state index contributed by atoms with van der Waals surface area (Å²) in [7, 11) is -2.31. The fourth-order valence-electron chi connectivity index (χ4n) is 1.31. The van der Waals surface area contributed by atoms with Gasteiger partial charge < -0.3 is 9.47 Å². The van der Waals surface area contributed by atoms with Crippen LogP contribution in [0.15, 0.2) is 0 Å².